The molecule has 0 aliphatic rings. The number of carbonyl (C=O) groups excluding carboxylic acids is 1. The standard InChI is InChI=1S/C9H13BrN2O2/c1-3-8(10)9(13)11-5-7-4-6(2)12-14-7/h4,8H,3,5H2,1-2H3,(H,11,13). The number of hydrogen-bond acceptors (Lipinski definition) is 3. The van der Waals surface area contributed by atoms with Crippen LogP contribution in [0.3, 0.4) is 0 Å². The lowest BCUT2D eigenvalue weighted by molar-refractivity contribution is -0.120. The van der Waals surface area contributed by atoms with Gasteiger partial charge < -0.3 is 9.84 Å². The molecule has 1 aromatic heterocycles. The zero-order valence-corrected chi connectivity index (χ0v) is 9.80. The summed E-state index contributed by atoms with van der Waals surface area (Å²) < 4.78 is 4.95. The molecule has 0 aliphatic heterocycles. The Bertz CT molecular complexity index is 312. The topological polar surface area (TPSA) is 55.1 Å². The van der Waals surface area contributed by atoms with E-state index < -0.39 is 0 Å². The zero-order chi connectivity index (χ0) is 10.6. The van der Waals surface area contributed by atoms with Crippen LogP contribution in [0.4, 0.5) is 0 Å². The summed E-state index contributed by atoms with van der Waals surface area (Å²) in [4.78, 5) is 11.2. The van der Waals surface area contributed by atoms with Gasteiger partial charge in [0.2, 0.25) is 5.91 Å². The summed E-state index contributed by atoms with van der Waals surface area (Å²) in [6, 6.07) is 1.80. The van der Waals surface area contributed by atoms with Gasteiger partial charge in [0, 0.05) is 6.07 Å². The van der Waals surface area contributed by atoms with Crippen LogP contribution >= 0.6 is 15.9 Å². The Morgan fingerprint density at radius 2 is 2.50 bits per heavy atom. The molecule has 1 aromatic rings. The fourth-order valence-electron chi connectivity index (χ4n) is 0.970. The lowest BCUT2D eigenvalue weighted by Crippen LogP contribution is -2.29. The van der Waals surface area contributed by atoms with Gasteiger partial charge in [-0.3, -0.25) is 4.79 Å². The molecule has 1 N–H and O–H groups in total. The molecule has 0 spiro atoms. The van der Waals surface area contributed by atoms with Crippen LogP contribution in [0.2, 0.25) is 0 Å². The van der Waals surface area contributed by atoms with Gasteiger partial charge in [0.25, 0.3) is 0 Å². The van der Waals surface area contributed by atoms with E-state index in [9.17, 15) is 4.79 Å². The Morgan fingerprint density at radius 3 is 3.00 bits per heavy atom. The van der Waals surface area contributed by atoms with Crippen molar-refractivity contribution in [1.82, 2.24) is 10.5 Å². The Balaban J connectivity index is 2.37. The predicted molar refractivity (Wildman–Crippen MR) is 56.1 cm³/mol. The van der Waals surface area contributed by atoms with Crippen molar-refractivity contribution in [3.8, 4) is 0 Å². The molecule has 0 bridgehead atoms. The van der Waals surface area contributed by atoms with E-state index in [2.05, 4.69) is 26.4 Å². The minimum absolute atomic E-state index is 0.0263. The van der Waals surface area contributed by atoms with Gasteiger partial charge in [-0.15, -0.1) is 0 Å². The number of carbonyl (C=O) groups is 1. The van der Waals surface area contributed by atoms with E-state index in [0.717, 1.165) is 12.1 Å². The molecular formula is C9H13BrN2O2. The third-order valence-corrected chi connectivity index (χ3v) is 2.82. The smallest absolute Gasteiger partial charge is 0.234 e. The van der Waals surface area contributed by atoms with Crippen molar-refractivity contribution in [2.24, 2.45) is 0 Å². The molecule has 4 nitrogen and oxygen atoms in total. The second-order valence-corrected chi connectivity index (χ2v) is 4.13. The first-order valence-corrected chi connectivity index (χ1v) is 5.39. The molecule has 78 valence electrons. The lowest BCUT2D eigenvalue weighted by Gasteiger charge is -2.06. The van der Waals surface area contributed by atoms with Crippen LogP contribution in [0.5, 0.6) is 0 Å². The van der Waals surface area contributed by atoms with Crippen LogP contribution in [0.1, 0.15) is 24.8 Å². The van der Waals surface area contributed by atoms with Crippen molar-refractivity contribution in [3.05, 3.63) is 17.5 Å². The van der Waals surface area contributed by atoms with E-state index in [0.29, 0.717) is 12.3 Å². The van der Waals surface area contributed by atoms with Crippen molar-refractivity contribution in [2.45, 2.75) is 31.6 Å². The van der Waals surface area contributed by atoms with Gasteiger partial charge in [0.05, 0.1) is 17.1 Å². The molecule has 0 radical (unpaired) electrons. The highest BCUT2D eigenvalue weighted by Gasteiger charge is 2.12. The molecule has 14 heavy (non-hydrogen) atoms. The van der Waals surface area contributed by atoms with Crippen LogP contribution in [0.25, 0.3) is 0 Å². The monoisotopic (exact) mass is 260 g/mol. The third-order valence-electron chi connectivity index (χ3n) is 1.76. The van der Waals surface area contributed by atoms with E-state index in [1.807, 2.05) is 13.8 Å². The molecule has 0 aromatic carbocycles. The highest BCUT2D eigenvalue weighted by molar-refractivity contribution is 9.10. The van der Waals surface area contributed by atoms with E-state index >= 15 is 0 Å². The van der Waals surface area contributed by atoms with Crippen LogP contribution < -0.4 is 5.32 Å². The first kappa shape index (κ1) is 11.2. The van der Waals surface area contributed by atoms with Gasteiger partial charge in [-0.25, -0.2) is 0 Å². The predicted octanol–water partition coefficient (Wildman–Crippen LogP) is 1.77. The van der Waals surface area contributed by atoms with Crippen molar-refractivity contribution in [2.75, 3.05) is 0 Å². The van der Waals surface area contributed by atoms with Gasteiger partial charge in [-0.05, 0) is 13.3 Å². The number of amides is 1. The number of alkyl halides is 1. The SMILES string of the molecule is CCC(Br)C(=O)NCc1cc(C)no1. The number of halogens is 1. The maximum atomic E-state index is 11.3. The Morgan fingerprint density at radius 1 is 1.79 bits per heavy atom. The lowest BCUT2D eigenvalue weighted by atomic mass is 10.3. The van der Waals surface area contributed by atoms with Gasteiger partial charge in [-0.2, -0.15) is 0 Å². The van der Waals surface area contributed by atoms with Gasteiger partial charge in [0.1, 0.15) is 0 Å². The average molecular weight is 261 g/mol. The molecule has 0 saturated heterocycles. The fourth-order valence-corrected chi connectivity index (χ4v) is 1.13. The minimum atomic E-state index is -0.133. The molecule has 0 aliphatic carbocycles. The van der Waals surface area contributed by atoms with E-state index in [4.69, 9.17) is 4.52 Å². The number of aromatic nitrogens is 1. The molecule has 1 amide bonds. The molecule has 1 unspecified atom stereocenters. The molecule has 0 fully saturated rings. The number of hydrogen-bond donors (Lipinski definition) is 1. The van der Waals surface area contributed by atoms with Gasteiger partial charge >= 0.3 is 0 Å². The maximum Gasteiger partial charge on any atom is 0.234 e. The van der Waals surface area contributed by atoms with E-state index in [1.54, 1.807) is 6.07 Å². The van der Waals surface area contributed by atoms with Crippen LogP contribution in [0.15, 0.2) is 10.6 Å². The van der Waals surface area contributed by atoms with Crippen molar-refractivity contribution >= 4 is 21.8 Å². The zero-order valence-electron chi connectivity index (χ0n) is 8.21. The molecule has 5 heteroatoms. The summed E-state index contributed by atoms with van der Waals surface area (Å²) >= 11 is 3.26. The molecule has 1 atom stereocenters. The summed E-state index contributed by atoms with van der Waals surface area (Å²) in [6.07, 6.45) is 0.765. The Kier molecular flexibility index (Phi) is 4.13. The first-order chi connectivity index (χ1) is 6.63. The van der Waals surface area contributed by atoms with Crippen molar-refractivity contribution < 1.29 is 9.32 Å². The van der Waals surface area contributed by atoms with Crippen LogP contribution in [-0.4, -0.2) is 15.9 Å². The van der Waals surface area contributed by atoms with Crippen LogP contribution in [0, 0.1) is 6.92 Å². The summed E-state index contributed by atoms with van der Waals surface area (Å²) in [5, 5.41) is 6.46. The number of nitrogens with zero attached hydrogens (tertiary/aromatic N) is 1. The minimum Gasteiger partial charge on any atom is -0.359 e. The highest BCUT2D eigenvalue weighted by atomic mass is 79.9. The normalized spacial score (nSPS) is 12.5. The summed E-state index contributed by atoms with van der Waals surface area (Å²) in [7, 11) is 0. The van der Waals surface area contributed by atoms with Gasteiger partial charge in [-0.1, -0.05) is 28.0 Å². The molecular weight excluding hydrogens is 248 g/mol. The van der Waals surface area contributed by atoms with E-state index in [1.165, 1.54) is 0 Å². The second kappa shape index (κ2) is 5.14. The van der Waals surface area contributed by atoms with Crippen molar-refractivity contribution in [3.63, 3.8) is 0 Å². The quantitative estimate of drug-likeness (QED) is 0.840. The maximum absolute atomic E-state index is 11.3. The third kappa shape index (κ3) is 3.14. The van der Waals surface area contributed by atoms with Crippen molar-refractivity contribution in [1.29, 1.82) is 0 Å². The Hall–Kier alpha value is -0.840. The summed E-state index contributed by atoms with van der Waals surface area (Å²) in [6.45, 7) is 4.17. The molecule has 0 saturated carbocycles. The van der Waals surface area contributed by atoms with Gasteiger partial charge in [0.15, 0.2) is 5.76 Å². The number of aryl methyl sites for hydroxylation is 1. The molecule has 1 heterocycles. The average Bonchev–Trinajstić information content (AvgIpc) is 2.59. The van der Waals surface area contributed by atoms with E-state index in [-0.39, 0.29) is 10.7 Å². The number of rotatable bonds is 4. The molecule has 1 rings (SSSR count). The van der Waals surface area contributed by atoms with Crippen LogP contribution in [-0.2, 0) is 11.3 Å². The second-order valence-electron chi connectivity index (χ2n) is 3.03. The largest absolute Gasteiger partial charge is 0.359 e. The summed E-state index contributed by atoms with van der Waals surface area (Å²) in [5.41, 5.74) is 0.820. The Labute approximate surface area is 91.2 Å². The first-order valence-electron chi connectivity index (χ1n) is 4.47. The summed E-state index contributed by atoms with van der Waals surface area (Å²) in [5.74, 6) is 0.646. The number of nitrogens with one attached hydrogen (secondary N) is 1. The fraction of sp³-hybridized carbons (Fsp3) is 0.556. The highest BCUT2D eigenvalue weighted by Crippen LogP contribution is 2.05.